The minimum Gasteiger partial charge on any atom is -0.467 e. The normalized spacial score (nSPS) is 18.3. The lowest BCUT2D eigenvalue weighted by atomic mass is 9.94. The average Bonchev–Trinajstić information content (AvgIpc) is 2.87. The molecule has 7 nitrogen and oxygen atoms in total. The SMILES string of the molecule is C=CC(=O)N1CCN(c2nc(OC)nc3c2CO[C@@H](c2cccc4ccccc24)C3)CC1. The summed E-state index contributed by atoms with van der Waals surface area (Å²) >= 11 is 0. The second-order valence-electron chi connectivity index (χ2n) is 8.05. The molecule has 2 aromatic carbocycles. The molecule has 1 fully saturated rings. The van der Waals surface area contributed by atoms with Gasteiger partial charge in [0.05, 0.1) is 25.5 Å². The third-order valence-corrected chi connectivity index (χ3v) is 6.28. The lowest BCUT2D eigenvalue weighted by molar-refractivity contribution is -0.126. The molecule has 0 N–H and O–H groups in total. The fraction of sp³-hybridized carbons (Fsp3) is 0.320. The molecule has 1 saturated heterocycles. The number of hydrogen-bond donors (Lipinski definition) is 0. The summed E-state index contributed by atoms with van der Waals surface area (Å²) in [4.78, 5) is 25.3. The van der Waals surface area contributed by atoms with E-state index >= 15 is 0 Å². The highest BCUT2D eigenvalue weighted by atomic mass is 16.5. The van der Waals surface area contributed by atoms with Gasteiger partial charge < -0.3 is 19.3 Å². The van der Waals surface area contributed by atoms with Crippen LogP contribution in [0.2, 0.25) is 0 Å². The van der Waals surface area contributed by atoms with Crippen LogP contribution in [0.15, 0.2) is 55.1 Å². The van der Waals surface area contributed by atoms with E-state index in [2.05, 4.69) is 63.9 Å². The van der Waals surface area contributed by atoms with E-state index in [0.717, 1.165) is 17.1 Å². The minimum absolute atomic E-state index is 0.0341. The molecule has 0 bridgehead atoms. The summed E-state index contributed by atoms with van der Waals surface area (Å²) in [5.74, 6) is 0.808. The fourth-order valence-corrected chi connectivity index (χ4v) is 4.58. The maximum absolute atomic E-state index is 11.9. The Morgan fingerprint density at radius 3 is 2.69 bits per heavy atom. The van der Waals surface area contributed by atoms with Gasteiger partial charge in [-0.05, 0) is 22.4 Å². The van der Waals surface area contributed by atoms with Crippen molar-refractivity contribution in [1.82, 2.24) is 14.9 Å². The molecule has 2 aliphatic rings. The van der Waals surface area contributed by atoms with Gasteiger partial charge in [0.2, 0.25) is 5.91 Å². The number of methoxy groups -OCH3 is 1. The number of carbonyl (C=O) groups is 1. The Labute approximate surface area is 187 Å². The molecule has 3 aromatic rings. The second-order valence-corrected chi connectivity index (χ2v) is 8.05. The molecule has 0 unspecified atom stereocenters. The molecule has 0 radical (unpaired) electrons. The number of hydrogen-bond acceptors (Lipinski definition) is 6. The van der Waals surface area contributed by atoms with E-state index in [1.54, 1.807) is 12.0 Å². The Morgan fingerprint density at radius 1 is 1.12 bits per heavy atom. The second kappa shape index (κ2) is 8.59. The van der Waals surface area contributed by atoms with E-state index in [4.69, 9.17) is 9.47 Å². The molecular weight excluding hydrogens is 404 g/mol. The first kappa shape index (κ1) is 20.5. The maximum Gasteiger partial charge on any atom is 0.318 e. The molecular formula is C25H26N4O3. The van der Waals surface area contributed by atoms with Crippen molar-refractivity contribution in [1.29, 1.82) is 0 Å². The van der Waals surface area contributed by atoms with Crippen molar-refractivity contribution in [3.63, 3.8) is 0 Å². The number of carbonyl (C=O) groups excluding carboxylic acids is 1. The van der Waals surface area contributed by atoms with Gasteiger partial charge in [-0.15, -0.1) is 0 Å². The maximum atomic E-state index is 11.9. The highest BCUT2D eigenvalue weighted by Gasteiger charge is 2.30. The lowest BCUT2D eigenvalue weighted by Gasteiger charge is -2.37. The molecule has 3 heterocycles. The first-order valence-corrected chi connectivity index (χ1v) is 10.9. The van der Waals surface area contributed by atoms with Gasteiger partial charge in [-0.3, -0.25) is 4.79 Å². The van der Waals surface area contributed by atoms with E-state index in [1.165, 1.54) is 22.4 Å². The van der Waals surface area contributed by atoms with Crippen LogP contribution in [0.25, 0.3) is 10.8 Å². The Morgan fingerprint density at radius 2 is 1.91 bits per heavy atom. The summed E-state index contributed by atoms with van der Waals surface area (Å²) in [6.07, 6.45) is 1.94. The zero-order chi connectivity index (χ0) is 22.1. The van der Waals surface area contributed by atoms with E-state index in [-0.39, 0.29) is 12.0 Å². The van der Waals surface area contributed by atoms with E-state index < -0.39 is 0 Å². The van der Waals surface area contributed by atoms with Crippen molar-refractivity contribution >= 4 is 22.5 Å². The molecule has 7 heteroatoms. The zero-order valence-corrected chi connectivity index (χ0v) is 18.2. The molecule has 2 aliphatic heterocycles. The third-order valence-electron chi connectivity index (χ3n) is 6.28. The van der Waals surface area contributed by atoms with Crippen LogP contribution in [0.4, 0.5) is 5.82 Å². The van der Waals surface area contributed by atoms with Crippen molar-refractivity contribution in [2.45, 2.75) is 19.1 Å². The molecule has 1 atom stereocenters. The molecule has 1 aromatic heterocycles. The van der Waals surface area contributed by atoms with Crippen LogP contribution in [0.3, 0.4) is 0 Å². The summed E-state index contributed by atoms with van der Waals surface area (Å²) in [5, 5.41) is 2.40. The van der Waals surface area contributed by atoms with Crippen molar-refractivity contribution in [2.75, 3.05) is 38.2 Å². The minimum atomic E-state index is -0.0804. The van der Waals surface area contributed by atoms with Crippen molar-refractivity contribution in [2.24, 2.45) is 0 Å². The van der Waals surface area contributed by atoms with E-state index in [1.807, 2.05) is 0 Å². The summed E-state index contributed by atoms with van der Waals surface area (Å²) < 4.78 is 11.8. The number of rotatable bonds is 4. The first-order chi connectivity index (χ1) is 15.7. The van der Waals surface area contributed by atoms with Crippen LogP contribution in [0, 0.1) is 0 Å². The van der Waals surface area contributed by atoms with Gasteiger partial charge in [-0.25, -0.2) is 0 Å². The number of nitrogens with zero attached hydrogens (tertiary/aromatic N) is 4. The number of piperazine rings is 1. The van der Waals surface area contributed by atoms with Crippen LogP contribution in [0.1, 0.15) is 22.9 Å². The van der Waals surface area contributed by atoms with Crippen LogP contribution >= 0.6 is 0 Å². The van der Waals surface area contributed by atoms with Gasteiger partial charge in [0.25, 0.3) is 0 Å². The standard InChI is InChI=1S/C25H26N4O3/c1-3-23(30)28-11-13-29(14-12-28)24-20-16-32-22(15-21(20)26-25(27-24)31-2)19-10-6-8-17-7-4-5-9-18(17)19/h3-10,22H,1,11-16H2,2H3/t22-/m1/s1. The van der Waals surface area contributed by atoms with Gasteiger partial charge in [0.15, 0.2) is 0 Å². The summed E-state index contributed by atoms with van der Waals surface area (Å²) in [6.45, 7) is 6.67. The number of aromatic nitrogens is 2. The van der Waals surface area contributed by atoms with Crippen LogP contribution < -0.4 is 9.64 Å². The summed E-state index contributed by atoms with van der Waals surface area (Å²) in [5.41, 5.74) is 3.14. The number of anilines is 1. The van der Waals surface area contributed by atoms with Crippen molar-refractivity contribution < 1.29 is 14.3 Å². The largest absolute Gasteiger partial charge is 0.467 e. The van der Waals surface area contributed by atoms with Crippen LogP contribution in [-0.2, 0) is 22.6 Å². The molecule has 5 rings (SSSR count). The molecule has 32 heavy (non-hydrogen) atoms. The lowest BCUT2D eigenvalue weighted by Crippen LogP contribution is -2.49. The first-order valence-electron chi connectivity index (χ1n) is 10.9. The Bertz CT molecular complexity index is 1170. The van der Waals surface area contributed by atoms with E-state index in [0.29, 0.717) is 45.2 Å². The molecule has 0 aliphatic carbocycles. The van der Waals surface area contributed by atoms with Gasteiger partial charge in [0, 0.05) is 38.2 Å². The predicted molar refractivity (Wildman–Crippen MR) is 123 cm³/mol. The monoisotopic (exact) mass is 430 g/mol. The fourth-order valence-electron chi connectivity index (χ4n) is 4.58. The van der Waals surface area contributed by atoms with Crippen molar-refractivity contribution in [3.8, 4) is 6.01 Å². The quantitative estimate of drug-likeness (QED) is 0.592. The highest BCUT2D eigenvalue weighted by Crippen LogP contribution is 2.37. The number of fused-ring (bicyclic) bond motifs is 2. The highest BCUT2D eigenvalue weighted by molar-refractivity contribution is 5.87. The van der Waals surface area contributed by atoms with Gasteiger partial charge in [0.1, 0.15) is 5.82 Å². The predicted octanol–water partition coefficient (Wildman–Crippen LogP) is 3.29. The Hall–Kier alpha value is -3.45. The van der Waals surface area contributed by atoms with Gasteiger partial charge >= 0.3 is 6.01 Å². The number of benzene rings is 2. The number of ether oxygens (including phenoxy) is 2. The molecule has 164 valence electrons. The topological polar surface area (TPSA) is 67.8 Å². The molecule has 1 amide bonds. The van der Waals surface area contributed by atoms with Crippen LogP contribution in [-0.4, -0.2) is 54.1 Å². The molecule has 0 spiro atoms. The van der Waals surface area contributed by atoms with Crippen molar-refractivity contribution in [3.05, 3.63) is 71.9 Å². The Balaban J connectivity index is 1.44. The number of amides is 1. The van der Waals surface area contributed by atoms with Gasteiger partial charge in [-0.1, -0.05) is 49.0 Å². The zero-order valence-electron chi connectivity index (χ0n) is 18.2. The Kier molecular flexibility index (Phi) is 5.49. The third kappa shape index (κ3) is 3.69. The van der Waals surface area contributed by atoms with E-state index in [9.17, 15) is 4.79 Å². The summed E-state index contributed by atoms with van der Waals surface area (Å²) in [7, 11) is 1.59. The van der Waals surface area contributed by atoms with Gasteiger partial charge in [-0.2, -0.15) is 9.97 Å². The average molecular weight is 431 g/mol. The molecule has 0 saturated carbocycles. The smallest absolute Gasteiger partial charge is 0.318 e. The summed E-state index contributed by atoms with van der Waals surface area (Å²) in [6, 6.07) is 15.1. The van der Waals surface area contributed by atoms with Crippen LogP contribution in [0.5, 0.6) is 6.01 Å².